The van der Waals surface area contributed by atoms with E-state index in [1.165, 1.54) is 12.1 Å². The molecule has 0 bridgehead atoms. The van der Waals surface area contributed by atoms with Gasteiger partial charge in [0.15, 0.2) is 11.5 Å². The molecule has 0 aromatic heterocycles. The van der Waals surface area contributed by atoms with E-state index in [0.717, 1.165) is 0 Å². The summed E-state index contributed by atoms with van der Waals surface area (Å²) < 4.78 is 0. The van der Waals surface area contributed by atoms with Crippen LogP contribution < -0.4 is 10.6 Å². The predicted molar refractivity (Wildman–Crippen MR) is 121 cm³/mol. The van der Waals surface area contributed by atoms with Gasteiger partial charge in [0.25, 0.3) is 11.8 Å². The number of amides is 2. The summed E-state index contributed by atoms with van der Waals surface area (Å²) in [6, 6.07) is 16.7. The number of rotatable bonds is 6. The lowest BCUT2D eigenvalue weighted by molar-refractivity contribution is 0.0918. The number of phenols is 2. The van der Waals surface area contributed by atoms with Crippen molar-refractivity contribution in [1.82, 2.24) is 10.6 Å². The van der Waals surface area contributed by atoms with Crippen LogP contribution in [0.5, 0.6) is 11.5 Å². The van der Waals surface area contributed by atoms with E-state index in [1.54, 1.807) is 48.5 Å². The van der Waals surface area contributed by atoms with Crippen molar-refractivity contribution in [3.63, 3.8) is 0 Å². The second kappa shape index (κ2) is 8.71. The molecule has 164 valence electrons. The van der Waals surface area contributed by atoms with Gasteiger partial charge in [-0.25, -0.2) is 11.1 Å². The van der Waals surface area contributed by atoms with Crippen LogP contribution in [0.25, 0.3) is 21.5 Å². The third-order valence-electron chi connectivity index (χ3n) is 5.20. The zero-order valence-electron chi connectivity index (χ0n) is 17.1. The van der Waals surface area contributed by atoms with Crippen LogP contribution in [0.15, 0.2) is 70.9 Å². The van der Waals surface area contributed by atoms with Crippen LogP contribution in [0, 0.1) is 11.1 Å². The van der Waals surface area contributed by atoms with Gasteiger partial charge in [-0.3, -0.25) is 9.59 Å². The Hall–Kier alpha value is -4.86. The lowest BCUT2D eigenvalue weighted by Gasteiger charge is -2.13. The maximum atomic E-state index is 12.6. The monoisotopic (exact) mass is 442 g/mol. The van der Waals surface area contributed by atoms with E-state index < -0.39 is 23.3 Å². The van der Waals surface area contributed by atoms with Crippen molar-refractivity contribution in [2.24, 2.45) is 10.2 Å². The first-order valence-electron chi connectivity index (χ1n) is 9.77. The number of fused-ring (bicyclic) bond motifs is 2. The molecule has 33 heavy (non-hydrogen) atoms. The number of hydrogen-bond acceptors (Lipinski definition) is 8. The number of phenolic OH excluding ortho intramolecular Hbond substituents is 2. The predicted octanol–water partition coefficient (Wildman–Crippen LogP) is 4.85. The van der Waals surface area contributed by atoms with Gasteiger partial charge in [-0.2, -0.15) is 10.2 Å². The molecule has 0 radical (unpaired) electrons. The number of hydrogen-bond donors (Lipinski definition) is 6. The summed E-state index contributed by atoms with van der Waals surface area (Å²) in [4.78, 5) is 25.2. The molecule has 0 heterocycles. The number of nitrogens with zero attached hydrogens (tertiary/aromatic N) is 2. The van der Waals surface area contributed by atoms with Crippen LogP contribution in [0.4, 0.5) is 11.4 Å². The fourth-order valence-corrected chi connectivity index (χ4v) is 3.60. The van der Waals surface area contributed by atoms with Gasteiger partial charge in [0, 0.05) is 10.8 Å². The van der Waals surface area contributed by atoms with E-state index in [1.807, 2.05) is 0 Å². The van der Waals surface area contributed by atoms with Gasteiger partial charge in [-0.15, -0.1) is 0 Å². The summed E-state index contributed by atoms with van der Waals surface area (Å²) >= 11 is 0. The Labute approximate surface area is 186 Å². The van der Waals surface area contributed by atoms with Gasteiger partial charge >= 0.3 is 0 Å². The third kappa shape index (κ3) is 3.81. The number of nitrogens with one attached hydrogen (secondary N) is 4. The first-order valence-corrected chi connectivity index (χ1v) is 9.77. The summed E-state index contributed by atoms with van der Waals surface area (Å²) in [5, 5.41) is 34.7. The highest BCUT2D eigenvalue weighted by molar-refractivity contribution is 6.08. The van der Waals surface area contributed by atoms with Crippen LogP contribution in [-0.4, -0.2) is 28.7 Å². The van der Waals surface area contributed by atoms with Crippen LogP contribution in [0.1, 0.15) is 20.7 Å². The first kappa shape index (κ1) is 21.4. The molecule has 0 saturated carbocycles. The summed E-state index contributed by atoms with van der Waals surface area (Å²) in [5.74, 6) is -2.26. The molecule has 0 saturated heterocycles. The molecule has 0 unspecified atom stereocenters. The molecule has 2 amide bonds. The van der Waals surface area contributed by atoms with Gasteiger partial charge in [-0.05, 0) is 22.9 Å². The summed E-state index contributed by atoms with van der Waals surface area (Å²) in [6.45, 7) is -0.309. The quantitative estimate of drug-likeness (QED) is 0.185. The number of carbonyl (C=O) groups is 2. The Bertz CT molecular complexity index is 1340. The van der Waals surface area contributed by atoms with Crippen LogP contribution in [0.3, 0.4) is 0 Å². The molecule has 0 aliphatic rings. The van der Waals surface area contributed by atoms with Crippen LogP contribution in [-0.2, 0) is 0 Å². The van der Waals surface area contributed by atoms with E-state index in [9.17, 15) is 19.8 Å². The van der Waals surface area contributed by atoms with Crippen molar-refractivity contribution in [2.45, 2.75) is 0 Å². The Balaban J connectivity index is 1.54. The molecule has 10 heteroatoms. The minimum Gasteiger partial charge on any atom is -0.505 e. The molecule has 4 aromatic rings. The maximum Gasteiger partial charge on any atom is 0.256 e. The Morgan fingerprint density at radius 3 is 1.52 bits per heavy atom. The first-order chi connectivity index (χ1) is 16.0. The second-order valence-corrected chi connectivity index (χ2v) is 7.10. The normalized spacial score (nSPS) is 10.7. The van der Waals surface area contributed by atoms with Gasteiger partial charge in [0.05, 0.1) is 17.8 Å². The van der Waals surface area contributed by atoms with Crippen molar-refractivity contribution in [3.8, 4) is 11.5 Å². The minimum atomic E-state index is -0.687. The Kier molecular flexibility index (Phi) is 5.64. The van der Waals surface area contributed by atoms with E-state index >= 15 is 0 Å². The van der Waals surface area contributed by atoms with E-state index in [-0.39, 0.29) is 29.2 Å². The fourth-order valence-electron chi connectivity index (χ4n) is 3.60. The number of aromatic hydroxyl groups is 2. The summed E-state index contributed by atoms with van der Waals surface area (Å²) in [7, 11) is 0. The minimum absolute atomic E-state index is 0.0324. The van der Waals surface area contributed by atoms with Gasteiger partial charge in [0.2, 0.25) is 0 Å². The zero-order valence-corrected chi connectivity index (χ0v) is 17.1. The zero-order chi connectivity index (χ0) is 23.5. The van der Waals surface area contributed by atoms with Crippen molar-refractivity contribution >= 4 is 44.7 Å². The van der Waals surface area contributed by atoms with E-state index in [0.29, 0.717) is 21.5 Å². The van der Waals surface area contributed by atoms with Gasteiger partial charge < -0.3 is 20.8 Å². The summed E-state index contributed by atoms with van der Waals surface area (Å²) in [5.41, 5.74) is 14.4. The molecule has 0 aliphatic heterocycles. The second-order valence-electron chi connectivity index (χ2n) is 7.10. The topological polar surface area (TPSA) is 171 Å². The molecule has 0 aliphatic carbocycles. The number of carbonyl (C=O) groups excluding carboxylic acids is 2. The van der Waals surface area contributed by atoms with Crippen LogP contribution in [0.2, 0.25) is 0 Å². The standard InChI is InChI=1S/C23H18N6O4/c24-28-18-14-7-3-1-5-12(14)9-16(20(18)30)22(32)26-11-27-23(33)17-10-13-6-2-4-8-15(13)19(29-25)21(17)31/h1-10,24-25,30-31H,11H2,(H,26,32)(H,27,33). The highest BCUT2D eigenvalue weighted by atomic mass is 16.3. The maximum absolute atomic E-state index is 12.6. The van der Waals surface area contributed by atoms with Crippen molar-refractivity contribution in [2.75, 3.05) is 6.67 Å². The molecule has 4 rings (SSSR count). The molecular formula is C23H18N6O4. The SMILES string of the molecule is N=Nc1c(O)c(C(=O)NCNC(=O)c2cc3ccccc3c(N=N)c2O)cc2ccccc12. The van der Waals surface area contributed by atoms with E-state index in [4.69, 9.17) is 11.1 Å². The van der Waals surface area contributed by atoms with Gasteiger partial charge in [0.1, 0.15) is 11.4 Å². The lowest BCUT2D eigenvalue weighted by Crippen LogP contribution is -2.37. The van der Waals surface area contributed by atoms with Crippen molar-refractivity contribution in [3.05, 3.63) is 71.8 Å². The highest BCUT2D eigenvalue weighted by Crippen LogP contribution is 2.39. The molecule has 0 spiro atoms. The van der Waals surface area contributed by atoms with E-state index in [2.05, 4.69) is 20.9 Å². The average Bonchev–Trinajstić information content (AvgIpc) is 2.83. The summed E-state index contributed by atoms with van der Waals surface area (Å²) in [6.07, 6.45) is 0. The van der Waals surface area contributed by atoms with Crippen molar-refractivity contribution in [1.29, 1.82) is 11.1 Å². The van der Waals surface area contributed by atoms with Gasteiger partial charge in [-0.1, -0.05) is 48.5 Å². The molecule has 10 nitrogen and oxygen atoms in total. The highest BCUT2D eigenvalue weighted by Gasteiger charge is 2.20. The fraction of sp³-hybridized carbons (Fsp3) is 0.0435. The third-order valence-corrected chi connectivity index (χ3v) is 5.20. The average molecular weight is 442 g/mol. The van der Waals surface area contributed by atoms with Crippen molar-refractivity contribution < 1.29 is 19.8 Å². The molecule has 0 fully saturated rings. The Morgan fingerprint density at radius 1 is 0.727 bits per heavy atom. The van der Waals surface area contributed by atoms with Crippen LogP contribution >= 0.6 is 0 Å². The molecule has 6 N–H and O–H groups in total. The molecule has 0 atom stereocenters. The molecular weight excluding hydrogens is 424 g/mol. The largest absolute Gasteiger partial charge is 0.505 e. The number of benzene rings is 4. The lowest BCUT2D eigenvalue weighted by atomic mass is 10.0. The molecule has 4 aromatic carbocycles. The smallest absolute Gasteiger partial charge is 0.256 e. The Morgan fingerprint density at radius 2 is 1.12 bits per heavy atom.